The minimum atomic E-state index is -0.337. The van der Waals surface area contributed by atoms with Gasteiger partial charge in [-0.25, -0.2) is 4.79 Å². The van der Waals surface area contributed by atoms with Gasteiger partial charge in [-0.1, -0.05) is 49.4 Å². The smallest absolute Gasteiger partial charge is 0.323 e. The summed E-state index contributed by atoms with van der Waals surface area (Å²) in [6.45, 7) is 7.51. The van der Waals surface area contributed by atoms with Crippen LogP contribution in [0.2, 0.25) is 0 Å². The quantitative estimate of drug-likeness (QED) is 0.452. The molecule has 0 bridgehead atoms. The maximum absolute atomic E-state index is 13.1. The molecule has 0 aliphatic carbocycles. The number of benzene rings is 3. The molecule has 3 N–H and O–H groups in total. The number of nitrogens with zero attached hydrogens (tertiary/aromatic N) is 1. The van der Waals surface area contributed by atoms with Gasteiger partial charge in [0.25, 0.3) is 5.91 Å². The molecular weight excluding hydrogens is 424 g/mol. The Morgan fingerprint density at radius 1 is 0.941 bits per heavy atom. The van der Waals surface area contributed by atoms with Gasteiger partial charge >= 0.3 is 6.03 Å². The van der Waals surface area contributed by atoms with Crippen LogP contribution in [0.15, 0.2) is 66.7 Å². The number of nitrogens with one attached hydrogen (secondary N) is 3. The van der Waals surface area contributed by atoms with Crippen molar-refractivity contribution in [2.75, 3.05) is 22.1 Å². The average molecular weight is 457 g/mol. The van der Waals surface area contributed by atoms with E-state index in [0.29, 0.717) is 11.3 Å². The van der Waals surface area contributed by atoms with E-state index in [1.54, 1.807) is 6.07 Å². The van der Waals surface area contributed by atoms with Gasteiger partial charge in [-0.3, -0.25) is 4.79 Å². The molecule has 4 rings (SSSR count). The average Bonchev–Trinajstić information content (AvgIpc) is 2.83. The van der Waals surface area contributed by atoms with Crippen molar-refractivity contribution < 1.29 is 9.59 Å². The van der Waals surface area contributed by atoms with Crippen LogP contribution in [0.3, 0.4) is 0 Å². The zero-order chi connectivity index (χ0) is 24.1. The van der Waals surface area contributed by atoms with Crippen molar-refractivity contribution in [3.63, 3.8) is 0 Å². The summed E-state index contributed by atoms with van der Waals surface area (Å²) in [6.07, 6.45) is 1.75. The fraction of sp³-hybridized carbons (Fsp3) is 0.286. The van der Waals surface area contributed by atoms with E-state index in [1.165, 1.54) is 11.1 Å². The first kappa shape index (κ1) is 23.4. The van der Waals surface area contributed by atoms with Crippen molar-refractivity contribution in [2.24, 2.45) is 0 Å². The maximum Gasteiger partial charge on any atom is 0.323 e. The maximum atomic E-state index is 13.1. The van der Waals surface area contributed by atoms with E-state index in [0.717, 1.165) is 42.9 Å². The summed E-state index contributed by atoms with van der Waals surface area (Å²) in [5, 5.41) is 8.81. The molecule has 3 aromatic carbocycles. The van der Waals surface area contributed by atoms with Crippen LogP contribution in [0.5, 0.6) is 0 Å². The molecule has 6 nitrogen and oxygen atoms in total. The highest BCUT2D eigenvalue weighted by atomic mass is 16.2. The number of carbonyl (C=O) groups excluding carboxylic acids is 2. The third-order valence-electron chi connectivity index (χ3n) is 6.04. The molecule has 6 heteroatoms. The number of hydrogen-bond donors (Lipinski definition) is 3. The van der Waals surface area contributed by atoms with E-state index in [1.807, 2.05) is 50.2 Å². The second kappa shape index (κ2) is 10.4. The standard InChI is InChI=1S/C28H32N4O2/c1-4-20-9-7-8-12-25(20)31-28(34)30-23-13-14-26(24(17-23)27(33)29-19(2)3)32-16-15-21-10-5-6-11-22(21)18-32/h5-14,17,19H,4,15-16,18H2,1-3H3,(H,29,33)(H2,30,31,34). The second-order valence-corrected chi connectivity index (χ2v) is 8.89. The molecule has 0 spiro atoms. The molecule has 1 aliphatic rings. The largest absolute Gasteiger partial charge is 0.366 e. The predicted molar refractivity (Wildman–Crippen MR) is 139 cm³/mol. The van der Waals surface area contributed by atoms with Gasteiger partial charge in [0.05, 0.1) is 5.56 Å². The lowest BCUT2D eigenvalue weighted by molar-refractivity contribution is 0.0943. The van der Waals surface area contributed by atoms with Crippen molar-refractivity contribution >= 4 is 29.0 Å². The fourth-order valence-electron chi connectivity index (χ4n) is 4.35. The van der Waals surface area contributed by atoms with Gasteiger partial charge in [0.2, 0.25) is 0 Å². The molecular formula is C28H32N4O2. The van der Waals surface area contributed by atoms with Gasteiger partial charge in [0, 0.05) is 36.2 Å². The number of fused-ring (bicyclic) bond motifs is 1. The molecule has 0 atom stereocenters. The lowest BCUT2D eigenvalue weighted by Crippen LogP contribution is -2.35. The second-order valence-electron chi connectivity index (χ2n) is 8.89. The summed E-state index contributed by atoms with van der Waals surface area (Å²) in [5.74, 6) is -0.149. The highest BCUT2D eigenvalue weighted by molar-refractivity contribution is 6.04. The number of amides is 3. The molecule has 1 aliphatic heterocycles. The van der Waals surface area contributed by atoms with Crippen LogP contribution in [-0.4, -0.2) is 24.5 Å². The Kier molecular flexibility index (Phi) is 7.16. The van der Waals surface area contributed by atoms with Crippen LogP contribution in [0.25, 0.3) is 0 Å². The van der Waals surface area contributed by atoms with E-state index in [4.69, 9.17) is 0 Å². The molecule has 3 amide bonds. The predicted octanol–water partition coefficient (Wildman–Crippen LogP) is 5.59. The van der Waals surface area contributed by atoms with Crippen molar-refractivity contribution in [3.05, 3.63) is 89.0 Å². The van der Waals surface area contributed by atoms with E-state index < -0.39 is 0 Å². The van der Waals surface area contributed by atoms with Crippen LogP contribution in [-0.2, 0) is 19.4 Å². The fourth-order valence-corrected chi connectivity index (χ4v) is 4.35. The van der Waals surface area contributed by atoms with Gasteiger partial charge in [-0.05, 0) is 67.6 Å². The number of anilines is 3. The molecule has 0 fully saturated rings. The summed E-state index contributed by atoms with van der Waals surface area (Å²) in [7, 11) is 0. The number of para-hydroxylation sites is 1. The Hall–Kier alpha value is -3.80. The minimum absolute atomic E-state index is 0.00731. The highest BCUT2D eigenvalue weighted by Crippen LogP contribution is 2.30. The zero-order valence-electron chi connectivity index (χ0n) is 20.0. The number of carbonyl (C=O) groups is 2. The van der Waals surface area contributed by atoms with Crippen LogP contribution in [0, 0.1) is 0 Å². The molecule has 0 unspecified atom stereocenters. The number of urea groups is 1. The number of hydrogen-bond acceptors (Lipinski definition) is 3. The lowest BCUT2D eigenvalue weighted by atomic mass is 9.98. The summed E-state index contributed by atoms with van der Waals surface area (Å²) >= 11 is 0. The molecule has 176 valence electrons. The summed E-state index contributed by atoms with van der Waals surface area (Å²) in [6, 6.07) is 21.4. The van der Waals surface area contributed by atoms with Crippen molar-refractivity contribution in [2.45, 2.75) is 46.2 Å². The Morgan fingerprint density at radius 2 is 1.68 bits per heavy atom. The highest BCUT2D eigenvalue weighted by Gasteiger charge is 2.22. The van der Waals surface area contributed by atoms with E-state index >= 15 is 0 Å². The monoisotopic (exact) mass is 456 g/mol. The van der Waals surface area contributed by atoms with E-state index in [2.05, 4.69) is 52.0 Å². The molecule has 0 saturated carbocycles. The zero-order valence-corrected chi connectivity index (χ0v) is 20.0. The van der Waals surface area contributed by atoms with Crippen LogP contribution in [0.1, 0.15) is 47.8 Å². The van der Waals surface area contributed by atoms with Crippen molar-refractivity contribution in [3.8, 4) is 0 Å². The van der Waals surface area contributed by atoms with Gasteiger partial charge in [-0.15, -0.1) is 0 Å². The SMILES string of the molecule is CCc1ccccc1NC(=O)Nc1ccc(N2CCc3ccccc3C2)c(C(=O)NC(C)C)c1. The Bertz CT molecular complexity index is 1190. The molecule has 0 aromatic heterocycles. The first-order valence-electron chi connectivity index (χ1n) is 11.9. The lowest BCUT2D eigenvalue weighted by Gasteiger charge is -2.32. The molecule has 1 heterocycles. The van der Waals surface area contributed by atoms with Crippen molar-refractivity contribution in [1.29, 1.82) is 0 Å². The summed E-state index contributed by atoms with van der Waals surface area (Å²) in [5.41, 5.74) is 6.48. The number of aryl methyl sites for hydroxylation is 1. The van der Waals surface area contributed by atoms with Gasteiger partial charge < -0.3 is 20.9 Å². The van der Waals surface area contributed by atoms with Gasteiger partial charge in [-0.2, -0.15) is 0 Å². The normalized spacial score (nSPS) is 12.8. The van der Waals surface area contributed by atoms with Crippen LogP contribution >= 0.6 is 0 Å². The third kappa shape index (κ3) is 5.39. The summed E-state index contributed by atoms with van der Waals surface area (Å²) < 4.78 is 0. The van der Waals surface area contributed by atoms with Crippen molar-refractivity contribution in [1.82, 2.24) is 5.32 Å². The topological polar surface area (TPSA) is 73.5 Å². The Labute approximate surface area is 201 Å². The molecule has 34 heavy (non-hydrogen) atoms. The molecule has 0 saturated heterocycles. The van der Waals surface area contributed by atoms with Crippen LogP contribution in [0.4, 0.5) is 21.9 Å². The first-order valence-corrected chi connectivity index (χ1v) is 11.9. The minimum Gasteiger partial charge on any atom is -0.366 e. The van der Waals surface area contributed by atoms with Gasteiger partial charge in [0.15, 0.2) is 0 Å². The van der Waals surface area contributed by atoms with Gasteiger partial charge in [0.1, 0.15) is 0 Å². The summed E-state index contributed by atoms with van der Waals surface area (Å²) in [4.78, 5) is 28.0. The van der Waals surface area contributed by atoms with E-state index in [9.17, 15) is 9.59 Å². The molecule has 3 aromatic rings. The molecule has 0 radical (unpaired) electrons. The van der Waals surface area contributed by atoms with Crippen LogP contribution < -0.4 is 20.9 Å². The van der Waals surface area contributed by atoms with E-state index in [-0.39, 0.29) is 18.0 Å². The number of rotatable bonds is 6. The Morgan fingerprint density at radius 3 is 2.44 bits per heavy atom. The first-order chi connectivity index (χ1) is 16.4. The third-order valence-corrected chi connectivity index (χ3v) is 6.04. The Balaban J connectivity index is 1.58.